The number of hydrogen-bond donors (Lipinski definition) is 4. The second-order valence-corrected chi connectivity index (χ2v) is 16.8. The highest BCUT2D eigenvalue weighted by Gasteiger charge is 2.83. The lowest BCUT2D eigenvalue weighted by molar-refractivity contribution is -0.106. The number of nitrogen functional groups attached to an aromatic ring is 1. The normalized spacial score (nSPS) is 24.2. The van der Waals surface area contributed by atoms with Gasteiger partial charge in [0, 0.05) is 0 Å². The first-order valence-corrected chi connectivity index (χ1v) is 22.0. The summed E-state index contributed by atoms with van der Waals surface area (Å²) in [5.41, 5.74) is 2.43. The molecule has 0 spiro atoms. The van der Waals surface area contributed by atoms with Crippen LogP contribution in [0.2, 0.25) is 0 Å². The van der Waals surface area contributed by atoms with Gasteiger partial charge in [-0.3, -0.25) is 9.05 Å². The molecule has 1 aromatic carbocycles. The van der Waals surface area contributed by atoms with Crippen molar-refractivity contribution in [2.24, 2.45) is 0 Å². The van der Waals surface area contributed by atoms with Gasteiger partial charge in [0.25, 0.3) is 0 Å². The van der Waals surface area contributed by atoms with Gasteiger partial charge in [-0.2, -0.15) is 15.6 Å². The van der Waals surface area contributed by atoms with Crippen molar-refractivity contribution < 1.29 is 42.6 Å². The molecule has 1 saturated heterocycles. The largest absolute Gasteiger partial charge is 0.472 e. The molecule has 5 N–H and O–H groups in total. The van der Waals surface area contributed by atoms with Crippen molar-refractivity contribution in [3.05, 3.63) is 59.3 Å². The molecule has 3 heterocycles. The number of nitrogens with zero attached hydrogens (tertiary/aromatic N) is 5. The van der Waals surface area contributed by atoms with E-state index in [0.29, 0.717) is 17.5 Å². The fourth-order valence-corrected chi connectivity index (χ4v) is 8.71. The zero-order chi connectivity index (χ0) is 40.9. The number of aliphatic hydroxyl groups excluding tert-OH is 1. The number of benzene rings is 1. The second kappa shape index (κ2) is 21.0. The van der Waals surface area contributed by atoms with Crippen LogP contribution in [-0.2, 0) is 35.3 Å². The number of hydrogen-bond acceptors (Lipinski definition) is 12. The molecule has 2 aliphatic rings. The number of anilines is 1. The lowest BCUT2D eigenvalue weighted by atomic mass is 9.90. The number of ether oxygens (including phenoxy) is 2. The van der Waals surface area contributed by atoms with Crippen molar-refractivity contribution in [2.75, 3.05) is 12.3 Å². The van der Waals surface area contributed by atoms with Crippen LogP contribution < -0.4 is 5.73 Å². The van der Waals surface area contributed by atoms with E-state index in [0.717, 1.165) is 25.7 Å². The number of aromatic nitrogens is 3. The number of nitrogens with two attached hydrogens (primary N) is 1. The highest BCUT2D eigenvalue weighted by Crippen LogP contribution is 2.63. The fourth-order valence-electron chi connectivity index (χ4n) is 7.72. The highest BCUT2D eigenvalue weighted by atomic mass is 31.2. The van der Waals surface area contributed by atoms with Crippen molar-refractivity contribution in [1.29, 1.82) is 10.5 Å². The third-order valence-corrected chi connectivity index (χ3v) is 12.2. The van der Waals surface area contributed by atoms with Crippen LogP contribution in [0.15, 0.2) is 36.7 Å². The maximum atomic E-state index is 14.3. The van der Waals surface area contributed by atoms with Crippen LogP contribution >= 0.6 is 7.82 Å². The molecule has 2 aromatic heterocycles. The van der Waals surface area contributed by atoms with Gasteiger partial charge in [0.15, 0.2) is 11.4 Å². The molecule has 2 fully saturated rings. The first kappa shape index (κ1) is 44.6. The SMILES string of the molecule is CCCCCCCCCCCCCCCCCCC[C@H](COP(=O)(O)OC1[C@H]2O[C@@](C#N)(c3ccc4c(N)ncnn34)[C@H](O)[C@@]12O)OCc1ccc(C#N)c(F)c1. The van der Waals surface area contributed by atoms with Gasteiger partial charge in [-0.15, -0.1) is 0 Å². The first-order valence-electron chi connectivity index (χ1n) is 20.5. The quantitative estimate of drug-likeness (QED) is 0.0429. The Bertz CT molecular complexity index is 1890. The van der Waals surface area contributed by atoms with Gasteiger partial charge in [0.2, 0.25) is 5.60 Å². The molecule has 16 heteroatoms. The smallest absolute Gasteiger partial charge is 0.385 e. The Morgan fingerprint density at radius 1 is 0.982 bits per heavy atom. The zero-order valence-corrected chi connectivity index (χ0v) is 33.8. The molecule has 14 nitrogen and oxygen atoms in total. The lowest BCUT2D eigenvalue weighted by Gasteiger charge is -2.29. The minimum absolute atomic E-state index is 0.0298. The van der Waals surface area contributed by atoms with E-state index in [1.54, 1.807) is 12.1 Å². The molecule has 0 radical (unpaired) electrons. The summed E-state index contributed by atoms with van der Waals surface area (Å²) in [4.78, 5) is 14.6. The summed E-state index contributed by atoms with van der Waals surface area (Å²) < 4.78 is 51.2. The average molecular weight is 813 g/mol. The summed E-state index contributed by atoms with van der Waals surface area (Å²) >= 11 is 0. The third-order valence-electron chi connectivity index (χ3n) is 11.2. The van der Waals surface area contributed by atoms with Crippen LogP contribution in [0.5, 0.6) is 0 Å². The Kier molecular flexibility index (Phi) is 16.4. The molecule has 0 amide bonds. The summed E-state index contributed by atoms with van der Waals surface area (Å²) in [5.74, 6) is -0.551. The predicted molar refractivity (Wildman–Crippen MR) is 210 cm³/mol. The van der Waals surface area contributed by atoms with E-state index in [-0.39, 0.29) is 30.3 Å². The molecule has 57 heavy (non-hydrogen) atoms. The average Bonchev–Trinajstić information content (AvgIpc) is 3.44. The molecule has 1 aliphatic carbocycles. The summed E-state index contributed by atoms with van der Waals surface area (Å²) in [6, 6.07) is 10.9. The second-order valence-electron chi connectivity index (χ2n) is 15.4. The van der Waals surface area contributed by atoms with Crippen molar-refractivity contribution in [3.63, 3.8) is 0 Å². The number of halogens is 1. The molecule has 3 aromatic rings. The minimum Gasteiger partial charge on any atom is -0.385 e. The van der Waals surface area contributed by atoms with E-state index >= 15 is 0 Å². The van der Waals surface area contributed by atoms with Crippen molar-refractivity contribution in [1.82, 2.24) is 14.6 Å². The van der Waals surface area contributed by atoms with E-state index in [1.807, 2.05) is 6.07 Å². The van der Waals surface area contributed by atoms with E-state index < -0.39 is 49.3 Å². The van der Waals surface area contributed by atoms with E-state index in [4.69, 9.17) is 29.5 Å². The third kappa shape index (κ3) is 11.2. The van der Waals surface area contributed by atoms with Crippen molar-refractivity contribution >= 4 is 19.2 Å². The predicted octanol–water partition coefficient (Wildman–Crippen LogP) is 7.67. The number of rotatable bonds is 27. The van der Waals surface area contributed by atoms with Gasteiger partial charge < -0.3 is 30.3 Å². The topological polar surface area (TPSA) is 218 Å². The maximum absolute atomic E-state index is 14.3. The minimum atomic E-state index is -4.86. The molecule has 5 rings (SSSR count). The number of phosphoric acid groups is 1. The zero-order valence-electron chi connectivity index (χ0n) is 32.9. The molecule has 0 bridgehead atoms. The Morgan fingerprint density at radius 3 is 2.14 bits per heavy atom. The first-order chi connectivity index (χ1) is 27.5. The van der Waals surface area contributed by atoms with E-state index in [2.05, 4.69) is 17.0 Å². The number of unbranched alkanes of at least 4 members (excludes halogenated alkanes) is 16. The van der Waals surface area contributed by atoms with Crippen LogP contribution in [0.3, 0.4) is 0 Å². The van der Waals surface area contributed by atoms with Gasteiger partial charge in [0.05, 0.1) is 30.6 Å². The fraction of sp³-hybridized carbons (Fsp3) is 0.659. The van der Waals surface area contributed by atoms with E-state index in [1.165, 1.54) is 119 Å². The molecular weight excluding hydrogens is 754 g/mol. The van der Waals surface area contributed by atoms with Crippen LogP contribution in [0, 0.1) is 28.5 Å². The van der Waals surface area contributed by atoms with Crippen LogP contribution in [-0.4, -0.2) is 66.3 Å². The monoisotopic (exact) mass is 812 g/mol. The Balaban J connectivity index is 1.06. The van der Waals surface area contributed by atoms with Crippen LogP contribution in [0.4, 0.5) is 10.2 Å². The van der Waals surface area contributed by atoms with Crippen LogP contribution in [0.25, 0.3) is 5.52 Å². The van der Waals surface area contributed by atoms with Crippen LogP contribution in [0.1, 0.15) is 139 Å². The summed E-state index contributed by atoms with van der Waals surface area (Å²) in [7, 11) is -4.86. The van der Waals surface area contributed by atoms with Crippen molar-refractivity contribution in [3.8, 4) is 12.1 Å². The standard InChI is InChI=1S/C41H58FN6O8P/c1-2-3-4-5-6-7-8-9-10-11-12-13-14-15-16-17-18-19-32(53-26-30-20-21-31(25-43)33(42)24-30)27-54-57(51,52)56-37-36-41(37,50)39(49)40(28-44,55-36)35-23-22-34-38(45)46-29-47-48(34)35/h20-24,29,32,36-37,39,49-50H,2-19,26-27H2,1H3,(H,51,52)(H2,45,46,47)/t32-,36-,37?,39+,40+,41+/m1/s1. The molecule has 2 unspecified atom stereocenters. The Labute approximate surface area is 334 Å². The van der Waals surface area contributed by atoms with Gasteiger partial charge in [-0.05, 0) is 36.2 Å². The molecular formula is C41H58FN6O8P. The Morgan fingerprint density at radius 2 is 1.60 bits per heavy atom. The molecule has 1 saturated carbocycles. The maximum Gasteiger partial charge on any atom is 0.472 e. The molecule has 7 atom stereocenters. The summed E-state index contributed by atoms with van der Waals surface area (Å²) in [5, 5.41) is 45.9. The number of aliphatic hydroxyl groups is 2. The van der Waals surface area contributed by atoms with Gasteiger partial charge in [-0.1, -0.05) is 122 Å². The number of phosphoric ester groups is 1. The van der Waals surface area contributed by atoms with Gasteiger partial charge in [0.1, 0.15) is 48.1 Å². The molecule has 1 aliphatic heterocycles. The highest BCUT2D eigenvalue weighted by molar-refractivity contribution is 7.47. The van der Waals surface area contributed by atoms with Crippen molar-refractivity contribution in [2.45, 2.75) is 165 Å². The summed E-state index contributed by atoms with van der Waals surface area (Å²) in [6.07, 6.45) is 17.2. The number of fused-ring (bicyclic) bond motifs is 2. The Hall–Kier alpha value is -3.50. The lowest BCUT2D eigenvalue weighted by Crippen LogP contribution is -2.47. The summed E-state index contributed by atoms with van der Waals surface area (Å²) in [6.45, 7) is 1.86. The van der Waals surface area contributed by atoms with E-state index in [9.17, 15) is 29.3 Å². The molecule has 312 valence electrons. The number of nitriles is 2. The van der Waals surface area contributed by atoms with Gasteiger partial charge >= 0.3 is 7.82 Å². The van der Waals surface area contributed by atoms with Gasteiger partial charge in [-0.25, -0.2) is 18.5 Å².